The highest BCUT2D eigenvalue weighted by Gasteiger charge is 2.15. The molecule has 0 spiro atoms. The third kappa shape index (κ3) is 1.83. The van der Waals surface area contributed by atoms with Crippen LogP contribution in [0.1, 0.15) is 5.56 Å². The number of carbonyl (C=O) groups excluding carboxylic acids is 1. The van der Waals surface area contributed by atoms with Crippen LogP contribution in [0.5, 0.6) is 0 Å². The molecule has 15 heavy (non-hydrogen) atoms. The fourth-order valence-corrected chi connectivity index (χ4v) is 1.32. The van der Waals surface area contributed by atoms with Gasteiger partial charge in [-0.2, -0.15) is 0 Å². The predicted octanol–water partition coefficient (Wildman–Crippen LogP) is 1.40. The summed E-state index contributed by atoms with van der Waals surface area (Å²) in [6.07, 6.45) is 2.71. The lowest BCUT2D eigenvalue weighted by Gasteiger charge is -2.07. The summed E-state index contributed by atoms with van der Waals surface area (Å²) in [6, 6.07) is 9.12. The van der Waals surface area contributed by atoms with Crippen molar-refractivity contribution in [1.29, 1.82) is 0 Å². The Bertz CT molecular complexity index is 473. The van der Waals surface area contributed by atoms with Gasteiger partial charge in [-0.25, -0.2) is 4.99 Å². The molecule has 0 aliphatic carbocycles. The second-order valence-electron chi connectivity index (χ2n) is 2.98. The number of dihydropyridines is 1. The van der Waals surface area contributed by atoms with Crippen molar-refractivity contribution in [1.82, 2.24) is 0 Å². The van der Waals surface area contributed by atoms with Crippen LogP contribution in [-0.4, -0.2) is 22.5 Å². The second-order valence-corrected chi connectivity index (χ2v) is 2.98. The van der Waals surface area contributed by atoms with E-state index >= 15 is 0 Å². The monoisotopic (exact) mass is 200 g/mol. The van der Waals surface area contributed by atoms with E-state index in [0.717, 1.165) is 5.56 Å². The molecule has 0 unspecified atom stereocenters. The maximum absolute atomic E-state index is 11.1. The minimum absolute atomic E-state index is 0.292. The van der Waals surface area contributed by atoms with Gasteiger partial charge in [0.1, 0.15) is 11.4 Å². The molecule has 1 heterocycles. The van der Waals surface area contributed by atoms with Crippen LogP contribution in [-0.2, 0) is 4.79 Å². The molecule has 0 saturated heterocycles. The van der Waals surface area contributed by atoms with Gasteiger partial charge in [0, 0.05) is 11.6 Å². The Labute approximate surface area is 86.3 Å². The Hall–Kier alpha value is -2.23. The van der Waals surface area contributed by atoms with Crippen molar-refractivity contribution < 1.29 is 10.0 Å². The summed E-state index contributed by atoms with van der Waals surface area (Å²) in [6.45, 7) is 0. The first-order valence-corrected chi connectivity index (χ1v) is 4.40. The van der Waals surface area contributed by atoms with E-state index in [1.165, 1.54) is 12.2 Å². The zero-order chi connectivity index (χ0) is 10.7. The Balaban J connectivity index is 2.48. The van der Waals surface area contributed by atoms with Gasteiger partial charge in [-0.3, -0.25) is 4.79 Å². The third-order valence-corrected chi connectivity index (χ3v) is 2.00. The van der Waals surface area contributed by atoms with E-state index in [4.69, 9.17) is 5.21 Å². The molecule has 0 atom stereocenters. The van der Waals surface area contributed by atoms with Gasteiger partial charge in [0.05, 0.1) is 0 Å². The molecule has 4 heteroatoms. The number of oxime groups is 1. The Morgan fingerprint density at radius 2 is 1.87 bits per heavy atom. The molecule has 1 N–H and O–H groups in total. The van der Waals surface area contributed by atoms with E-state index < -0.39 is 0 Å². The van der Waals surface area contributed by atoms with E-state index in [9.17, 15) is 4.79 Å². The average molecular weight is 200 g/mol. The first kappa shape index (κ1) is 9.33. The molecule has 1 aliphatic rings. The van der Waals surface area contributed by atoms with E-state index in [1.807, 2.05) is 18.2 Å². The number of hydrogen-bond acceptors (Lipinski definition) is 3. The zero-order valence-electron chi connectivity index (χ0n) is 7.79. The molecule has 0 bridgehead atoms. The number of hydrogen-bond donors (Lipinski definition) is 1. The molecule has 2 rings (SSSR count). The number of allylic oxidation sites excluding steroid dienone is 1. The molecule has 1 aliphatic heterocycles. The standard InChI is InChI=1S/C11H8N2O2/c14-10-7-6-9(13-15)11(12-10)8-4-2-1-3-5-8/h1-7,15H. The first-order chi connectivity index (χ1) is 7.31. The molecular formula is C11H8N2O2. The lowest BCUT2D eigenvalue weighted by molar-refractivity contribution is -0.113. The van der Waals surface area contributed by atoms with Crippen molar-refractivity contribution in [3.05, 3.63) is 48.0 Å². The predicted molar refractivity (Wildman–Crippen MR) is 56.3 cm³/mol. The lowest BCUT2D eigenvalue weighted by Crippen LogP contribution is -2.19. The summed E-state index contributed by atoms with van der Waals surface area (Å²) in [7, 11) is 0. The average Bonchev–Trinajstić information content (AvgIpc) is 2.30. The normalized spacial score (nSPS) is 18.0. The summed E-state index contributed by atoms with van der Waals surface area (Å²) in [4.78, 5) is 14.9. The summed E-state index contributed by atoms with van der Waals surface area (Å²) in [5.41, 5.74) is 1.44. The Morgan fingerprint density at radius 3 is 2.53 bits per heavy atom. The van der Waals surface area contributed by atoms with Crippen molar-refractivity contribution in [2.45, 2.75) is 0 Å². The molecule has 1 aromatic carbocycles. The van der Waals surface area contributed by atoms with E-state index in [0.29, 0.717) is 11.4 Å². The van der Waals surface area contributed by atoms with Crippen molar-refractivity contribution in [2.75, 3.05) is 0 Å². The summed E-state index contributed by atoms with van der Waals surface area (Å²) >= 11 is 0. The molecule has 1 aromatic rings. The van der Waals surface area contributed by atoms with Crippen LogP contribution in [0.2, 0.25) is 0 Å². The number of nitrogens with zero attached hydrogens (tertiary/aromatic N) is 2. The number of carbonyl (C=O) groups is 1. The molecular weight excluding hydrogens is 192 g/mol. The van der Waals surface area contributed by atoms with E-state index in [1.54, 1.807) is 12.1 Å². The zero-order valence-corrected chi connectivity index (χ0v) is 7.79. The highest BCUT2D eigenvalue weighted by molar-refractivity contribution is 6.54. The van der Waals surface area contributed by atoms with Gasteiger partial charge in [0.2, 0.25) is 0 Å². The van der Waals surface area contributed by atoms with Crippen LogP contribution >= 0.6 is 0 Å². The topological polar surface area (TPSA) is 62.0 Å². The number of benzene rings is 1. The van der Waals surface area contributed by atoms with Gasteiger partial charge in [-0.1, -0.05) is 35.5 Å². The fourth-order valence-electron chi connectivity index (χ4n) is 1.32. The van der Waals surface area contributed by atoms with Gasteiger partial charge in [-0.15, -0.1) is 0 Å². The maximum atomic E-state index is 11.1. The van der Waals surface area contributed by atoms with Gasteiger partial charge in [0.25, 0.3) is 5.91 Å². The Kier molecular flexibility index (Phi) is 2.41. The van der Waals surface area contributed by atoms with Crippen molar-refractivity contribution in [3.63, 3.8) is 0 Å². The first-order valence-electron chi connectivity index (χ1n) is 4.40. The minimum Gasteiger partial charge on any atom is -0.410 e. The van der Waals surface area contributed by atoms with Crippen LogP contribution in [0.15, 0.2) is 52.6 Å². The summed E-state index contributed by atoms with van der Waals surface area (Å²) < 4.78 is 0. The molecule has 0 aromatic heterocycles. The van der Waals surface area contributed by atoms with Crippen LogP contribution < -0.4 is 0 Å². The van der Waals surface area contributed by atoms with Gasteiger partial charge < -0.3 is 5.21 Å². The molecule has 0 fully saturated rings. The summed E-state index contributed by atoms with van der Waals surface area (Å²) in [5.74, 6) is -0.346. The number of rotatable bonds is 1. The Morgan fingerprint density at radius 1 is 1.13 bits per heavy atom. The van der Waals surface area contributed by atoms with Crippen molar-refractivity contribution >= 4 is 17.3 Å². The minimum atomic E-state index is -0.346. The van der Waals surface area contributed by atoms with Crippen molar-refractivity contribution in [2.24, 2.45) is 10.1 Å². The largest absolute Gasteiger partial charge is 0.410 e. The van der Waals surface area contributed by atoms with Crippen LogP contribution in [0.4, 0.5) is 0 Å². The third-order valence-electron chi connectivity index (χ3n) is 2.00. The van der Waals surface area contributed by atoms with E-state index in [2.05, 4.69) is 10.1 Å². The lowest BCUT2D eigenvalue weighted by atomic mass is 10.0. The SMILES string of the molecule is O=C1C=CC(=NO)C(c2ccccc2)=N1. The smallest absolute Gasteiger partial charge is 0.270 e. The van der Waals surface area contributed by atoms with Crippen LogP contribution in [0, 0.1) is 0 Å². The highest BCUT2D eigenvalue weighted by Crippen LogP contribution is 2.07. The molecule has 4 nitrogen and oxygen atoms in total. The van der Waals surface area contributed by atoms with Crippen LogP contribution in [0.25, 0.3) is 0 Å². The molecule has 74 valence electrons. The maximum Gasteiger partial charge on any atom is 0.270 e. The second kappa shape index (κ2) is 3.88. The van der Waals surface area contributed by atoms with E-state index in [-0.39, 0.29) is 5.91 Å². The van der Waals surface area contributed by atoms with Gasteiger partial charge in [0.15, 0.2) is 0 Å². The van der Waals surface area contributed by atoms with Crippen molar-refractivity contribution in [3.8, 4) is 0 Å². The number of aliphatic imine (C=N–C) groups is 1. The molecule has 0 radical (unpaired) electrons. The molecule has 0 saturated carbocycles. The number of amides is 1. The fraction of sp³-hybridized carbons (Fsp3) is 0. The molecule has 1 amide bonds. The van der Waals surface area contributed by atoms with Crippen LogP contribution in [0.3, 0.4) is 0 Å². The summed E-state index contributed by atoms with van der Waals surface area (Å²) in [5, 5.41) is 11.8. The quantitative estimate of drug-likeness (QED) is 0.550. The van der Waals surface area contributed by atoms with Gasteiger partial charge >= 0.3 is 0 Å². The van der Waals surface area contributed by atoms with Gasteiger partial charge in [-0.05, 0) is 6.08 Å². The highest BCUT2D eigenvalue weighted by atomic mass is 16.4.